The molecule has 114 valence electrons. The zero-order valence-electron chi connectivity index (χ0n) is 13.9. The van der Waals surface area contributed by atoms with Gasteiger partial charge in [-0.25, -0.2) is 0 Å². The summed E-state index contributed by atoms with van der Waals surface area (Å²) in [6.45, 7) is 12.5. The lowest BCUT2D eigenvalue weighted by Crippen LogP contribution is -2.42. The summed E-state index contributed by atoms with van der Waals surface area (Å²) in [7, 11) is 2.20. The van der Waals surface area contributed by atoms with Crippen LogP contribution in [0.4, 0.5) is 5.69 Å². The van der Waals surface area contributed by atoms with Crippen molar-refractivity contribution in [2.45, 2.75) is 40.5 Å². The highest BCUT2D eigenvalue weighted by molar-refractivity contribution is 5.45. The Morgan fingerprint density at radius 2 is 1.85 bits per heavy atom. The molecule has 0 saturated heterocycles. The summed E-state index contributed by atoms with van der Waals surface area (Å²) in [5.41, 5.74) is 1.63. The number of nitrogens with one attached hydrogen (secondary N) is 1. The fraction of sp³-hybridized carbons (Fsp3) is 0.667. The standard InChI is InChI=1S/C18H32N2/c1-6-12-18(4,14-19-13-16(2)3)15-20(5)17-10-8-7-9-11-17/h7-11,16,19H,6,12-15H2,1-5H3. The van der Waals surface area contributed by atoms with Crippen molar-refractivity contribution in [3.05, 3.63) is 30.3 Å². The quantitative estimate of drug-likeness (QED) is 0.728. The van der Waals surface area contributed by atoms with E-state index in [4.69, 9.17) is 0 Å². The first-order valence-corrected chi connectivity index (χ1v) is 7.94. The van der Waals surface area contributed by atoms with E-state index in [1.165, 1.54) is 18.5 Å². The Balaban J connectivity index is 2.60. The molecule has 1 rings (SSSR count). The molecule has 0 aromatic heterocycles. The summed E-state index contributed by atoms with van der Waals surface area (Å²) < 4.78 is 0. The third-order valence-corrected chi connectivity index (χ3v) is 3.77. The molecule has 0 aliphatic rings. The molecule has 1 N–H and O–H groups in total. The zero-order chi connectivity index (χ0) is 15.0. The van der Waals surface area contributed by atoms with Crippen LogP contribution in [0.5, 0.6) is 0 Å². The molecule has 0 aliphatic heterocycles. The van der Waals surface area contributed by atoms with Crippen molar-refractivity contribution in [1.29, 1.82) is 0 Å². The van der Waals surface area contributed by atoms with Gasteiger partial charge in [-0.15, -0.1) is 0 Å². The van der Waals surface area contributed by atoms with Gasteiger partial charge < -0.3 is 10.2 Å². The predicted octanol–water partition coefficient (Wildman–Crippen LogP) is 4.17. The molecule has 0 aliphatic carbocycles. The van der Waals surface area contributed by atoms with Crippen molar-refractivity contribution >= 4 is 5.69 Å². The Kier molecular flexibility index (Phi) is 7.08. The Hall–Kier alpha value is -1.02. The second kappa shape index (κ2) is 8.31. The molecule has 2 nitrogen and oxygen atoms in total. The van der Waals surface area contributed by atoms with Crippen molar-refractivity contribution in [2.75, 3.05) is 31.6 Å². The second-order valence-electron chi connectivity index (χ2n) is 6.78. The monoisotopic (exact) mass is 276 g/mol. The fourth-order valence-electron chi connectivity index (χ4n) is 2.84. The fourth-order valence-corrected chi connectivity index (χ4v) is 2.84. The average molecular weight is 276 g/mol. The highest BCUT2D eigenvalue weighted by Crippen LogP contribution is 2.26. The van der Waals surface area contributed by atoms with E-state index in [1.54, 1.807) is 0 Å². The topological polar surface area (TPSA) is 15.3 Å². The number of rotatable bonds is 9. The third kappa shape index (κ3) is 5.96. The lowest BCUT2D eigenvalue weighted by Gasteiger charge is -2.35. The van der Waals surface area contributed by atoms with Crippen LogP contribution in [-0.4, -0.2) is 26.7 Å². The van der Waals surface area contributed by atoms with Gasteiger partial charge in [-0.1, -0.05) is 52.3 Å². The van der Waals surface area contributed by atoms with E-state index in [0.717, 1.165) is 19.6 Å². The van der Waals surface area contributed by atoms with Crippen LogP contribution in [0.1, 0.15) is 40.5 Å². The number of benzene rings is 1. The maximum Gasteiger partial charge on any atom is 0.0363 e. The Morgan fingerprint density at radius 3 is 2.40 bits per heavy atom. The van der Waals surface area contributed by atoms with Gasteiger partial charge in [0.2, 0.25) is 0 Å². The van der Waals surface area contributed by atoms with Gasteiger partial charge in [0.1, 0.15) is 0 Å². The van der Waals surface area contributed by atoms with Crippen LogP contribution in [-0.2, 0) is 0 Å². The summed E-state index contributed by atoms with van der Waals surface area (Å²) in [6, 6.07) is 10.7. The minimum Gasteiger partial charge on any atom is -0.374 e. The first kappa shape index (κ1) is 17.0. The summed E-state index contributed by atoms with van der Waals surface area (Å²) >= 11 is 0. The first-order chi connectivity index (χ1) is 9.47. The molecule has 0 amide bonds. The molecule has 1 unspecified atom stereocenters. The van der Waals surface area contributed by atoms with Gasteiger partial charge in [0.05, 0.1) is 0 Å². The van der Waals surface area contributed by atoms with Crippen LogP contribution in [0.2, 0.25) is 0 Å². The van der Waals surface area contributed by atoms with Gasteiger partial charge in [0, 0.05) is 25.8 Å². The second-order valence-corrected chi connectivity index (χ2v) is 6.78. The molecule has 0 fully saturated rings. The predicted molar refractivity (Wildman–Crippen MR) is 90.4 cm³/mol. The third-order valence-electron chi connectivity index (χ3n) is 3.77. The van der Waals surface area contributed by atoms with Gasteiger partial charge in [0.25, 0.3) is 0 Å². The molecule has 0 radical (unpaired) electrons. The largest absolute Gasteiger partial charge is 0.374 e. The molecule has 1 aromatic carbocycles. The van der Waals surface area contributed by atoms with Gasteiger partial charge in [-0.3, -0.25) is 0 Å². The number of para-hydroxylation sites is 1. The summed E-state index contributed by atoms with van der Waals surface area (Å²) in [5, 5.41) is 3.64. The molecular weight excluding hydrogens is 244 g/mol. The zero-order valence-corrected chi connectivity index (χ0v) is 13.9. The maximum absolute atomic E-state index is 3.64. The van der Waals surface area contributed by atoms with E-state index in [2.05, 4.69) is 75.3 Å². The minimum absolute atomic E-state index is 0.328. The van der Waals surface area contributed by atoms with Crippen molar-refractivity contribution in [2.24, 2.45) is 11.3 Å². The number of hydrogen-bond acceptors (Lipinski definition) is 2. The van der Waals surface area contributed by atoms with Gasteiger partial charge in [-0.2, -0.15) is 0 Å². The van der Waals surface area contributed by atoms with Crippen LogP contribution in [0.25, 0.3) is 0 Å². The molecule has 2 heteroatoms. The highest BCUT2D eigenvalue weighted by Gasteiger charge is 2.25. The summed E-state index contributed by atoms with van der Waals surface area (Å²) in [6.07, 6.45) is 2.50. The van der Waals surface area contributed by atoms with E-state index in [0.29, 0.717) is 11.3 Å². The normalized spacial score (nSPS) is 14.3. The van der Waals surface area contributed by atoms with Crippen molar-refractivity contribution in [1.82, 2.24) is 5.32 Å². The molecule has 1 aromatic rings. The van der Waals surface area contributed by atoms with Crippen LogP contribution in [0, 0.1) is 11.3 Å². The molecule has 0 spiro atoms. The smallest absolute Gasteiger partial charge is 0.0363 e. The summed E-state index contributed by atoms with van der Waals surface area (Å²) in [5.74, 6) is 0.715. The van der Waals surface area contributed by atoms with E-state index in [9.17, 15) is 0 Å². The Bertz CT molecular complexity index is 361. The van der Waals surface area contributed by atoms with E-state index in [1.807, 2.05) is 0 Å². The molecule has 1 atom stereocenters. The number of hydrogen-bond donors (Lipinski definition) is 1. The van der Waals surface area contributed by atoms with Crippen LogP contribution < -0.4 is 10.2 Å². The SMILES string of the molecule is CCCC(C)(CNCC(C)C)CN(C)c1ccccc1. The van der Waals surface area contributed by atoms with Crippen molar-refractivity contribution in [3.8, 4) is 0 Å². The molecule has 0 heterocycles. The first-order valence-electron chi connectivity index (χ1n) is 7.94. The number of anilines is 1. The van der Waals surface area contributed by atoms with Crippen molar-refractivity contribution < 1.29 is 0 Å². The maximum atomic E-state index is 3.64. The van der Waals surface area contributed by atoms with Gasteiger partial charge in [-0.05, 0) is 36.4 Å². The Labute approximate surface area is 125 Å². The molecule has 0 bridgehead atoms. The highest BCUT2D eigenvalue weighted by atomic mass is 15.1. The molecule has 0 saturated carbocycles. The van der Waals surface area contributed by atoms with Crippen molar-refractivity contribution in [3.63, 3.8) is 0 Å². The van der Waals surface area contributed by atoms with E-state index in [-0.39, 0.29) is 0 Å². The average Bonchev–Trinajstić information content (AvgIpc) is 2.39. The van der Waals surface area contributed by atoms with Crippen LogP contribution in [0.3, 0.4) is 0 Å². The lowest BCUT2D eigenvalue weighted by molar-refractivity contribution is 0.279. The van der Waals surface area contributed by atoms with Crippen LogP contribution >= 0.6 is 0 Å². The molecular formula is C18H32N2. The number of nitrogens with zero attached hydrogens (tertiary/aromatic N) is 1. The van der Waals surface area contributed by atoms with Crippen LogP contribution in [0.15, 0.2) is 30.3 Å². The lowest BCUT2D eigenvalue weighted by atomic mass is 9.84. The van der Waals surface area contributed by atoms with E-state index < -0.39 is 0 Å². The van der Waals surface area contributed by atoms with Gasteiger partial charge in [0.15, 0.2) is 0 Å². The van der Waals surface area contributed by atoms with E-state index >= 15 is 0 Å². The molecule has 20 heavy (non-hydrogen) atoms. The Morgan fingerprint density at radius 1 is 1.20 bits per heavy atom. The van der Waals surface area contributed by atoms with Gasteiger partial charge >= 0.3 is 0 Å². The minimum atomic E-state index is 0.328. The summed E-state index contributed by atoms with van der Waals surface area (Å²) in [4.78, 5) is 2.38.